The molecule has 1 aliphatic heterocycles. The summed E-state index contributed by atoms with van der Waals surface area (Å²) in [5, 5.41) is 11.0. The Kier molecular flexibility index (Phi) is 3.68. The van der Waals surface area contributed by atoms with E-state index in [1.807, 2.05) is 13.8 Å². The summed E-state index contributed by atoms with van der Waals surface area (Å²) >= 11 is 0. The Morgan fingerprint density at radius 1 is 1.47 bits per heavy atom. The van der Waals surface area contributed by atoms with Crippen molar-refractivity contribution in [3.8, 4) is 0 Å². The molecule has 15 heavy (non-hydrogen) atoms. The lowest BCUT2D eigenvalue weighted by molar-refractivity contribution is -0.144. The number of hydrogen-bond donors (Lipinski definition) is 2. The van der Waals surface area contributed by atoms with E-state index in [0.29, 0.717) is 0 Å². The van der Waals surface area contributed by atoms with Gasteiger partial charge in [-0.15, -0.1) is 0 Å². The third-order valence-corrected chi connectivity index (χ3v) is 2.59. The first-order chi connectivity index (χ1) is 6.91. The zero-order valence-electron chi connectivity index (χ0n) is 9.19. The van der Waals surface area contributed by atoms with Gasteiger partial charge in [0.2, 0.25) is 5.91 Å². The summed E-state index contributed by atoms with van der Waals surface area (Å²) in [7, 11) is 0. The Morgan fingerprint density at radius 3 is 2.47 bits per heavy atom. The molecule has 1 amide bonds. The van der Waals surface area contributed by atoms with Crippen LogP contribution in [0, 0.1) is 5.92 Å². The van der Waals surface area contributed by atoms with E-state index < -0.39 is 18.1 Å². The van der Waals surface area contributed by atoms with Crippen molar-refractivity contribution < 1.29 is 19.4 Å². The zero-order chi connectivity index (χ0) is 11.6. The highest BCUT2D eigenvalue weighted by Gasteiger charge is 2.35. The minimum atomic E-state index is -1.04. The molecule has 0 aromatic rings. The van der Waals surface area contributed by atoms with Gasteiger partial charge in [0.1, 0.15) is 12.1 Å². The maximum Gasteiger partial charge on any atom is 0.325 e. The van der Waals surface area contributed by atoms with Crippen LogP contribution in [0.1, 0.15) is 27.2 Å². The lowest BCUT2D eigenvalue weighted by Crippen LogP contribution is -2.45. The maximum absolute atomic E-state index is 11.6. The van der Waals surface area contributed by atoms with Crippen molar-refractivity contribution in [3.63, 3.8) is 0 Å². The Balaban J connectivity index is 2.50. The summed E-state index contributed by atoms with van der Waals surface area (Å²) in [5.74, 6) is -1.23. The molecule has 1 heterocycles. The molecule has 1 rings (SSSR count). The zero-order valence-corrected chi connectivity index (χ0v) is 9.19. The van der Waals surface area contributed by atoms with E-state index in [2.05, 4.69) is 5.32 Å². The predicted molar refractivity (Wildman–Crippen MR) is 53.4 cm³/mol. The van der Waals surface area contributed by atoms with Crippen LogP contribution in [0.2, 0.25) is 0 Å². The van der Waals surface area contributed by atoms with Crippen LogP contribution in [-0.4, -0.2) is 35.2 Å². The van der Waals surface area contributed by atoms with Gasteiger partial charge in [-0.25, -0.2) is 0 Å². The van der Waals surface area contributed by atoms with Crippen molar-refractivity contribution >= 4 is 11.9 Å². The Labute approximate surface area is 88.8 Å². The molecule has 4 unspecified atom stereocenters. The molecular formula is C10H17NO4. The molecule has 2 N–H and O–H groups in total. The third-order valence-electron chi connectivity index (χ3n) is 2.59. The van der Waals surface area contributed by atoms with E-state index in [4.69, 9.17) is 9.84 Å². The second-order valence-corrected chi connectivity index (χ2v) is 4.15. The van der Waals surface area contributed by atoms with Crippen LogP contribution in [0.5, 0.6) is 0 Å². The van der Waals surface area contributed by atoms with Crippen LogP contribution >= 0.6 is 0 Å². The highest BCUT2D eigenvalue weighted by atomic mass is 16.5. The highest BCUT2D eigenvalue weighted by Crippen LogP contribution is 2.25. The van der Waals surface area contributed by atoms with Crippen molar-refractivity contribution in [3.05, 3.63) is 0 Å². The van der Waals surface area contributed by atoms with Gasteiger partial charge in [-0.3, -0.25) is 9.59 Å². The van der Waals surface area contributed by atoms with Crippen LogP contribution < -0.4 is 5.32 Å². The van der Waals surface area contributed by atoms with Crippen molar-refractivity contribution in [1.29, 1.82) is 0 Å². The Bertz CT molecular complexity index is 266. The van der Waals surface area contributed by atoms with Gasteiger partial charge in [-0.05, 0) is 26.2 Å². The number of amides is 1. The van der Waals surface area contributed by atoms with Crippen LogP contribution in [0.15, 0.2) is 0 Å². The molecule has 1 aliphatic rings. The molecule has 1 fully saturated rings. The maximum atomic E-state index is 11.6. The fourth-order valence-corrected chi connectivity index (χ4v) is 1.76. The first kappa shape index (κ1) is 12.0. The number of rotatable bonds is 3. The molecule has 86 valence electrons. The Morgan fingerprint density at radius 2 is 2.07 bits per heavy atom. The molecule has 0 bridgehead atoms. The summed E-state index contributed by atoms with van der Waals surface area (Å²) in [6.45, 7) is 5.27. The first-order valence-corrected chi connectivity index (χ1v) is 5.10. The number of carbonyl (C=O) groups excluding carboxylic acids is 1. The molecule has 0 aliphatic carbocycles. The average Bonchev–Trinajstić information content (AvgIpc) is 2.44. The molecular weight excluding hydrogens is 198 g/mol. The minimum absolute atomic E-state index is 0.0656. The van der Waals surface area contributed by atoms with E-state index in [1.54, 1.807) is 0 Å². The van der Waals surface area contributed by atoms with Crippen LogP contribution in [-0.2, 0) is 14.3 Å². The number of carboxylic acids is 1. The van der Waals surface area contributed by atoms with Gasteiger partial charge in [0.25, 0.3) is 0 Å². The Hall–Kier alpha value is -1.10. The van der Waals surface area contributed by atoms with Gasteiger partial charge in [0.15, 0.2) is 0 Å². The predicted octanol–water partition coefficient (Wildman–Crippen LogP) is 0.389. The fourth-order valence-electron chi connectivity index (χ4n) is 1.76. The largest absolute Gasteiger partial charge is 0.480 e. The third kappa shape index (κ3) is 2.92. The second-order valence-electron chi connectivity index (χ2n) is 4.15. The summed E-state index contributed by atoms with van der Waals surface area (Å²) in [6.07, 6.45) is 0.386. The molecule has 0 radical (unpaired) electrons. The monoisotopic (exact) mass is 215 g/mol. The lowest BCUT2D eigenvalue weighted by Gasteiger charge is -2.16. The second kappa shape index (κ2) is 4.61. The van der Waals surface area contributed by atoms with Crippen LogP contribution in [0.3, 0.4) is 0 Å². The molecule has 0 aromatic carbocycles. The highest BCUT2D eigenvalue weighted by molar-refractivity contribution is 5.86. The SMILES string of the molecule is CC1CC(C)C(C(=O)NC(C)C(=O)O)O1. The summed E-state index contributed by atoms with van der Waals surface area (Å²) in [5.41, 5.74) is 0. The van der Waals surface area contributed by atoms with Gasteiger partial charge >= 0.3 is 5.97 Å². The topological polar surface area (TPSA) is 75.6 Å². The van der Waals surface area contributed by atoms with Gasteiger partial charge < -0.3 is 15.2 Å². The van der Waals surface area contributed by atoms with Crippen molar-refractivity contribution in [1.82, 2.24) is 5.32 Å². The van der Waals surface area contributed by atoms with Crippen molar-refractivity contribution in [2.75, 3.05) is 0 Å². The first-order valence-electron chi connectivity index (χ1n) is 5.10. The van der Waals surface area contributed by atoms with Crippen LogP contribution in [0.4, 0.5) is 0 Å². The summed E-state index contributed by atoms with van der Waals surface area (Å²) in [6, 6.07) is -0.871. The average molecular weight is 215 g/mol. The van der Waals surface area contributed by atoms with E-state index in [9.17, 15) is 9.59 Å². The summed E-state index contributed by atoms with van der Waals surface area (Å²) in [4.78, 5) is 22.2. The normalized spacial score (nSPS) is 32.3. The molecule has 0 aromatic heterocycles. The number of nitrogens with one attached hydrogen (secondary N) is 1. The number of ether oxygens (including phenoxy) is 1. The molecule has 5 heteroatoms. The minimum Gasteiger partial charge on any atom is -0.480 e. The van der Waals surface area contributed by atoms with E-state index >= 15 is 0 Å². The van der Waals surface area contributed by atoms with Crippen molar-refractivity contribution in [2.24, 2.45) is 5.92 Å². The number of aliphatic carboxylic acids is 1. The van der Waals surface area contributed by atoms with Gasteiger partial charge in [0.05, 0.1) is 6.10 Å². The molecule has 4 atom stereocenters. The molecule has 0 spiro atoms. The fraction of sp³-hybridized carbons (Fsp3) is 0.800. The van der Waals surface area contributed by atoms with E-state index in [-0.39, 0.29) is 17.9 Å². The van der Waals surface area contributed by atoms with Gasteiger partial charge in [-0.2, -0.15) is 0 Å². The molecule has 5 nitrogen and oxygen atoms in total. The summed E-state index contributed by atoms with van der Waals surface area (Å²) < 4.78 is 5.41. The number of hydrogen-bond acceptors (Lipinski definition) is 3. The van der Waals surface area contributed by atoms with E-state index in [1.165, 1.54) is 6.92 Å². The lowest BCUT2D eigenvalue weighted by atomic mass is 10.0. The molecule has 0 saturated carbocycles. The number of carbonyl (C=O) groups is 2. The van der Waals surface area contributed by atoms with Gasteiger partial charge in [-0.1, -0.05) is 6.92 Å². The van der Waals surface area contributed by atoms with E-state index in [0.717, 1.165) is 6.42 Å². The van der Waals surface area contributed by atoms with Gasteiger partial charge in [0, 0.05) is 0 Å². The van der Waals surface area contributed by atoms with Crippen LogP contribution in [0.25, 0.3) is 0 Å². The quantitative estimate of drug-likeness (QED) is 0.714. The van der Waals surface area contributed by atoms with Crippen molar-refractivity contribution in [2.45, 2.75) is 45.4 Å². The smallest absolute Gasteiger partial charge is 0.325 e. The standard InChI is InChI=1S/C10H17NO4/c1-5-4-6(2)15-8(5)9(12)11-7(3)10(13)14/h5-8H,4H2,1-3H3,(H,11,12)(H,13,14). The molecule has 1 saturated heterocycles. The number of carboxylic acid groups (broad SMARTS) is 1.